The second-order valence-electron chi connectivity index (χ2n) is 5.20. The van der Waals surface area contributed by atoms with E-state index in [-0.39, 0.29) is 12.5 Å². The Morgan fingerprint density at radius 1 is 1.42 bits per heavy atom. The molecular weight excluding hydrogens is 244 g/mol. The number of nitrogens with zero attached hydrogens (tertiary/aromatic N) is 1. The van der Waals surface area contributed by atoms with Gasteiger partial charge in [-0.25, -0.2) is 0 Å². The SMILES string of the molecule is CC1(C)OCC(=O)N(Cc2ccccc2)C1C(N)=O. The summed E-state index contributed by atoms with van der Waals surface area (Å²) < 4.78 is 5.43. The van der Waals surface area contributed by atoms with Crippen LogP contribution in [0.5, 0.6) is 0 Å². The second-order valence-corrected chi connectivity index (χ2v) is 5.20. The van der Waals surface area contributed by atoms with Gasteiger partial charge in [0.1, 0.15) is 12.6 Å². The maximum absolute atomic E-state index is 12.0. The van der Waals surface area contributed by atoms with Crippen molar-refractivity contribution < 1.29 is 14.3 Å². The van der Waals surface area contributed by atoms with Gasteiger partial charge >= 0.3 is 0 Å². The zero-order valence-electron chi connectivity index (χ0n) is 11.1. The van der Waals surface area contributed by atoms with Crippen molar-refractivity contribution in [1.29, 1.82) is 0 Å². The van der Waals surface area contributed by atoms with Gasteiger partial charge in [0.2, 0.25) is 11.8 Å². The van der Waals surface area contributed by atoms with E-state index in [1.807, 2.05) is 30.3 Å². The third-order valence-corrected chi connectivity index (χ3v) is 3.32. The van der Waals surface area contributed by atoms with E-state index < -0.39 is 17.6 Å². The van der Waals surface area contributed by atoms with Crippen LogP contribution in [0.4, 0.5) is 0 Å². The Kier molecular flexibility index (Phi) is 3.57. The molecule has 1 aromatic rings. The molecule has 1 aliphatic heterocycles. The molecule has 1 atom stereocenters. The van der Waals surface area contributed by atoms with Crippen LogP contribution in [-0.2, 0) is 20.9 Å². The van der Waals surface area contributed by atoms with Gasteiger partial charge in [0.05, 0.1) is 5.60 Å². The molecule has 1 aromatic carbocycles. The van der Waals surface area contributed by atoms with Crippen LogP contribution >= 0.6 is 0 Å². The minimum absolute atomic E-state index is 0.0242. The summed E-state index contributed by atoms with van der Waals surface area (Å²) in [6, 6.07) is 8.76. The number of carbonyl (C=O) groups excluding carboxylic acids is 2. The van der Waals surface area contributed by atoms with Crippen molar-refractivity contribution in [3.8, 4) is 0 Å². The molecule has 1 fully saturated rings. The standard InChI is InChI=1S/C14H18N2O3/c1-14(2)12(13(15)18)16(11(17)9-19-14)8-10-6-4-3-5-7-10/h3-7,12H,8-9H2,1-2H3,(H2,15,18). The Morgan fingerprint density at radius 3 is 2.63 bits per heavy atom. The number of primary amides is 1. The first-order valence-electron chi connectivity index (χ1n) is 6.18. The molecule has 2 amide bonds. The zero-order chi connectivity index (χ0) is 14.0. The maximum atomic E-state index is 12.0. The second kappa shape index (κ2) is 5.01. The molecule has 102 valence electrons. The van der Waals surface area contributed by atoms with Gasteiger partial charge in [-0.2, -0.15) is 0 Å². The Morgan fingerprint density at radius 2 is 2.05 bits per heavy atom. The summed E-state index contributed by atoms with van der Waals surface area (Å²) >= 11 is 0. The highest BCUT2D eigenvalue weighted by atomic mass is 16.5. The monoisotopic (exact) mass is 262 g/mol. The summed E-state index contributed by atoms with van der Waals surface area (Å²) in [5, 5.41) is 0. The van der Waals surface area contributed by atoms with Gasteiger partial charge in [-0.1, -0.05) is 30.3 Å². The number of rotatable bonds is 3. The molecule has 0 aromatic heterocycles. The first-order chi connectivity index (χ1) is 8.92. The van der Waals surface area contributed by atoms with Crippen LogP contribution in [0.15, 0.2) is 30.3 Å². The van der Waals surface area contributed by atoms with E-state index in [9.17, 15) is 9.59 Å². The van der Waals surface area contributed by atoms with E-state index in [4.69, 9.17) is 10.5 Å². The van der Waals surface area contributed by atoms with Gasteiger partial charge in [0.15, 0.2) is 0 Å². The maximum Gasteiger partial charge on any atom is 0.249 e. The van der Waals surface area contributed by atoms with Crippen LogP contribution in [0.1, 0.15) is 19.4 Å². The lowest BCUT2D eigenvalue weighted by Crippen LogP contribution is -2.63. The molecule has 0 saturated carbocycles. The predicted octanol–water partition coefficient (Wildman–Crippen LogP) is 0.678. The van der Waals surface area contributed by atoms with Gasteiger partial charge in [-0.15, -0.1) is 0 Å². The average Bonchev–Trinajstić information content (AvgIpc) is 2.34. The first-order valence-corrected chi connectivity index (χ1v) is 6.18. The van der Waals surface area contributed by atoms with Gasteiger partial charge in [-0.05, 0) is 19.4 Å². The highest BCUT2D eigenvalue weighted by Crippen LogP contribution is 2.26. The third-order valence-electron chi connectivity index (χ3n) is 3.32. The molecule has 19 heavy (non-hydrogen) atoms. The highest BCUT2D eigenvalue weighted by molar-refractivity contribution is 5.89. The fourth-order valence-corrected chi connectivity index (χ4v) is 2.38. The summed E-state index contributed by atoms with van der Waals surface area (Å²) in [5.74, 6) is -0.763. The molecule has 1 heterocycles. The lowest BCUT2D eigenvalue weighted by atomic mass is 9.93. The van der Waals surface area contributed by atoms with Gasteiger partial charge in [0, 0.05) is 6.54 Å². The topological polar surface area (TPSA) is 72.6 Å². The van der Waals surface area contributed by atoms with Crippen LogP contribution in [-0.4, -0.2) is 35.0 Å². The normalized spacial score (nSPS) is 22.3. The van der Waals surface area contributed by atoms with E-state index in [2.05, 4.69) is 0 Å². The molecule has 1 aliphatic rings. The number of hydrogen-bond donors (Lipinski definition) is 1. The first kappa shape index (κ1) is 13.5. The van der Waals surface area contributed by atoms with Crippen molar-refractivity contribution in [3.05, 3.63) is 35.9 Å². The van der Waals surface area contributed by atoms with E-state index in [0.717, 1.165) is 5.56 Å². The van der Waals surface area contributed by atoms with Crippen molar-refractivity contribution >= 4 is 11.8 Å². The number of ether oxygens (including phenoxy) is 1. The Bertz CT molecular complexity index is 485. The van der Waals surface area contributed by atoms with Crippen LogP contribution in [0, 0.1) is 0 Å². The van der Waals surface area contributed by atoms with Crippen molar-refractivity contribution in [2.75, 3.05) is 6.61 Å². The number of hydrogen-bond acceptors (Lipinski definition) is 3. The van der Waals surface area contributed by atoms with Crippen LogP contribution < -0.4 is 5.73 Å². The molecule has 2 N–H and O–H groups in total. The number of morpholine rings is 1. The number of carbonyl (C=O) groups is 2. The molecule has 0 bridgehead atoms. The number of amides is 2. The summed E-state index contributed by atoms with van der Waals surface area (Å²) in [6.45, 7) is 3.88. The minimum atomic E-state index is -0.769. The fraction of sp³-hybridized carbons (Fsp3) is 0.429. The molecule has 2 rings (SSSR count). The van der Waals surface area contributed by atoms with E-state index in [1.54, 1.807) is 13.8 Å². The predicted molar refractivity (Wildman–Crippen MR) is 70.0 cm³/mol. The van der Waals surface area contributed by atoms with E-state index in [0.29, 0.717) is 6.54 Å². The summed E-state index contributed by atoms with van der Waals surface area (Å²) in [4.78, 5) is 25.2. The third kappa shape index (κ3) is 2.76. The molecule has 5 heteroatoms. The molecule has 0 spiro atoms. The summed E-state index contributed by atoms with van der Waals surface area (Å²) in [6.07, 6.45) is 0. The Hall–Kier alpha value is -1.88. The Labute approximate surface area is 112 Å². The number of benzene rings is 1. The fourth-order valence-electron chi connectivity index (χ4n) is 2.38. The van der Waals surface area contributed by atoms with Crippen molar-refractivity contribution in [2.45, 2.75) is 32.0 Å². The van der Waals surface area contributed by atoms with Crippen molar-refractivity contribution in [3.63, 3.8) is 0 Å². The molecule has 1 saturated heterocycles. The van der Waals surface area contributed by atoms with E-state index >= 15 is 0 Å². The van der Waals surface area contributed by atoms with Crippen LogP contribution in [0.3, 0.4) is 0 Å². The van der Waals surface area contributed by atoms with Crippen molar-refractivity contribution in [2.24, 2.45) is 5.73 Å². The molecule has 1 unspecified atom stereocenters. The smallest absolute Gasteiger partial charge is 0.249 e. The summed E-state index contributed by atoms with van der Waals surface area (Å²) in [5.41, 5.74) is 5.63. The molecule has 5 nitrogen and oxygen atoms in total. The highest BCUT2D eigenvalue weighted by Gasteiger charge is 2.45. The van der Waals surface area contributed by atoms with Gasteiger partial charge < -0.3 is 15.4 Å². The van der Waals surface area contributed by atoms with Gasteiger partial charge in [0.25, 0.3) is 0 Å². The molecule has 0 aliphatic carbocycles. The molecule has 0 radical (unpaired) electrons. The molecular formula is C14H18N2O3. The summed E-state index contributed by atoms with van der Waals surface area (Å²) in [7, 11) is 0. The van der Waals surface area contributed by atoms with Crippen LogP contribution in [0.25, 0.3) is 0 Å². The zero-order valence-corrected chi connectivity index (χ0v) is 11.1. The minimum Gasteiger partial charge on any atom is -0.368 e. The Balaban J connectivity index is 2.28. The van der Waals surface area contributed by atoms with Gasteiger partial charge in [-0.3, -0.25) is 9.59 Å². The van der Waals surface area contributed by atoms with E-state index in [1.165, 1.54) is 4.90 Å². The number of nitrogens with two attached hydrogens (primary N) is 1. The van der Waals surface area contributed by atoms with Crippen molar-refractivity contribution in [1.82, 2.24) is 4.90 Å². The van der Waals surface area contributed by atoms with Crippen LogP contribution in [0.2, 0.25) is 0 Å². The average molecular weight is 262 g/mol. The largest absolute Gasteiger partial charge is 0.368 e. The quantitative estimate of drug-likeness (QED) is 0.870. The lowest BCUT2D eigenvalue weighted by Gasteiger charge is -2.44. The lowest BCUT2D eigenvalue weighted by molar-refractivity contribution is -0.177.